The second-order valence-corrected chi connectivity index (χ2v) is 3.47. The number of rotatable bonds is 7. The predicted octanol–water partition coefficient (Wildman–Crippen LogP) is 0.845. The van der Waals surface area contributed by atoms with Gasteiger partial charge >= 0.3 is 17.9 Å². The summed E-state index contributed by atoms with van der Waals surface area (Å²) in [4.78, 5) is 31.4. The van der Waals surface area contributed by atoms with Crippen molar-refractivity contribution < 1.29 is 34.1 Å². The van der Waals surface area contributed by atoms with Crippen molar-refractivity contribution in [1.29, 1.82) is 0 Å². The van der Waals surface area contributed by atoms with Crippen LogP contribution in [0.4, 0.5) is 0 Å². The van der Waals surface area contributed by atoms with Crippen molar-refractivity contribution >= 4 is 17.9 Å². The molecule has 0 saturated carbocycles. The van der Waals surface area contributed by atoms with Gasteiger partial charge in [-0.3, -0.25) is 0 Å². The van der Waals surface area contributed by atoms with E-state index in [4.69, 9.17) is 10.2 Å². The highest BCUT2D eigenvalue weighted by Crippen LogP contribution is 2.02. The first-order valence-electron chi connectivity index (χ1n) is 5.97. The van der Waals surface area contributed by atoms with E-state index in [1.54, 1.807) is 6.92 Å². The lowest BCUT2D eigenvalue weighted by Gasteiger charge is -2.00. The van der Waals surface area contributed by atoms with Gasteiger partial charge < -0.3 is 19.7 Å². The van der Waals surface area contributed by atoms with Crippen LogP contribution in [0.5, 0.6) is 0 Å². The number of carboxylic acids is 1. The largest absolute Gasteiger partial charge is 0.478 e. The lowest BCUT2D eigenvalue weighted by atomic mass is 10.2. The van der Waals surface area contributed by atoms with Gasteiger partial charge in [0.25, 0.3) is 0 Å². The molecule has 21 heavy (non-hydrogen) atoms. The van der Waals surface area contributed by atoms with Crippen LogP contribution >= 0.6 is 0 Å². The van der Waals surface area contributed by atoms with Gasteiger partial charge in [0, 0.05) is 11.6 Å². The van der Waals surface area contributed by atoms with E-state index >= 15 is 0 Å². The van der Waals surface area contributed by atoms with Crippen molar-refractivity contribution in [1.82, 2.24) is 0 Å². The van der Waals surface area contributed by atoms with E-state index in [2.05, 4.69) is 22.6 Å². The molecule has 7 nitrogen and oxygen atoms in total. The molecule has 0 rings (SSSR count). The van der Waals surface area contributed by atoms with E-state index < -0.39 is 17.9 Å². The van der Waals surface area contributed by atoms with Gasteiger partial charge in [-0.25, -0.2) is 14.4 Å². The number of carboxylic acid groups (broad SMARTS) is 1. The number of carbonyl (C=O) groups excluding carboxylic acids is 2. The molecule has 0 atom stereocenters. The number of aliphatic hydroxyl groups is 1. The fourth-order valence-corrected chi connectivity index (χ4v) is 0.811. The van der Waals surface area contributed by atoms with E-state index in [-0.39, 0.29) is 31.0 Å². The second kappa shape index (κ2) is 12.6. The summed E-state index contributed by atoms with van der Waals surface area (Å²) in [6.07, 6.45) is 2.23. The molecular weight excluding hydrogens is 280 g/mol. The van der Waals surface area contributed by atoms with Crippen molar-refractivity contribution in [3.8, 4) is 0 Å². The Hall–Kier alpha value is -2.41. The van der Waals surface area contributed by atoms with Crippen LogP contribution in [0.25, 0.3) is 0 Å². The van der Waals surface area contributed by atoms with Crippen LogP contribution in [0.2, 0.25) is 0 Å². The van der Waals surface area contributed by atoms with Crippen LogP contribution in [0.3, 0.4) is 0 Å². The van der Waals surface area contributed by atoms with E-state index in [0.29, 0.717) is 0 Å². The van der Waals surface area contributed by atoms with Crippen molar-refractivity contribution in [2.24, 2.45) is 0 Å². The Labute approximate surface area is 123 Å². The van der Waals surface area contributed by atoms with Gasteiger partial charge in [-0.15, -0.1) is 0 Å². The lowest BCUT2D eigenvalue weighted by Crippen LogP contribution is -2.06. The SMILES string of the molecule is C=C(C=C(C)C(=O)O)C(=O)OCC.C=CC(=O)OCCO. The maximum absolute atomic E-state index is 10.9. The van der Waals surface area contributed by atoms with Crippen LogP contribution in [-0.4, -0.2) is 47.9 Å². The van der Waals surface area contributed by atoms with E-state index in [9.17, 15) is 14.4 Å². The maximum Gasteiger partial charge on any atom is 0.337 e. The molecule has 7 heteroatoms. The average Bonchev–Trinajstić information content (AvgIpc) is 2.45. The number of carbonyl (C=O) groups is 3. The smallest absolute Gasteiger partial charge is 0.337 e. The van der Waals surface area contributed by atoms with E-state index in [1.807, 2.05) is 0 Å². The summed E-state index contributed by atoms with van der Waals surface area (Å²) in [6.45, 7) is 9.74. The topological polar surface area (TPSA) is 110 Å². The first kappa shape index (κ1) is 20.9. The number of aliphatic carboxylic acids is 1. The molecule has 0 heterocycles. The van der Waals surface area contributed by atoms with Gasteiger partial charge in [-0.1, -0.05) is 13.2 Å². The van der Waals surface area contributed by atoms with E-state index in [1.165, 1.54) is 13.0 Å². The van der Waals surface area contributed by atoms with Crippen LogP contribution in [0.15, 0.2) is 36.5 Å². The zero-order chi connectivity index (χ0) is 16.8. The molecule has 0 aromatic carbocycles. The Kier molecular flexibility index (Phi) is 12.6. The minimum absolute atomic E-state index is 0.0433. The lowest BCUT2D eigenvalue weighted by molar-refractivity contribution is -0.139. The zero-order valence-corrected chi connectivity index (χ0v) is 12.1. The summed E-state index contributed by atoms with van der Waals surface area (Å²) >= 11 is 0. The van der Waals surface area contributed by atoms with Gasteiger partial charge in [-0.2, -0.15) is 0 Å². The number of ether oxygens (including phenoxy) is 2. The summed E-state index contributed by atoms with van der Waals surface area (Å²) < 4.78 is 8.94. The highest BCUT2D eigenvalue weighted by atomic mass is 16.5. The third-order valence-corrected chi connectivity index (χ3v) is 1.77. The monoisotopic (exact) mass is 300 g/mol. The summed E-state index contributed by atoms with van der Waals surface area (Å²) in [5.41, 5.74) is 0.0970. The van der Waals surface area contributed by atoms with Crippen molar-refractivity contribution in [2.45, 2.75) is 13.8 Å². The van der Waals surface area contributed by atoms with Gasteiger partial charge in [-0.05, 0) is 19.9 Å². The number of aliphatic hydroxyl groups excluding tert-OH is 1. The summed E-state index contributed by atoms with van der Waals surface area (Å²) in [5.74, 6) is -2.17. The Morgan fingerprint density at radius 3 is 2.19 bits per heavy atom. The molecule has 0 aliphatic heterocycles. The first-order chi connectivity index (χ1) is 9.79. The highest BCUT2D eigenvalue weighted by Gasteiger charge is 2.07. The number of hydrogen-bond acceptors (Lipinski definition) is 6. The van der Waals surface area contributed by atoms with Gasteiger partial charge in [0.05, 0.1) is 18.8 Å². The molecule has 0 unspecified atom stereocenters. The van der Waals surface area contributed by atoms with Gasteiger partial charge in [0.1, 0.15) is 6.61 Å². The van der Waals surface area contributed by atoms with Gasteiger partial charge in [0.2, 0.25) is 0 Å². The molecule has 0 aromatic heterocycles. The maximum atomic E-state index is 10.9. The van der Waals surface area contributed by atoms with Crippen LogP contribution in [0, 0.1) is 0 Å². The van der Waals surface area contributed by atoms with Crippen molar-refractivity contribution in [3.05, 3.63) is 36.5 Å². The number of esters is 2. The highest BCUT2D eigenvalue weighted by molar-refractivity contribution is 5.94. The zero-order valence-electron chi connectivity index (χ0n) is 12.1. The van der Waals surface area contributed by atoms with E-state index in [0.717, 1.165) is 6.08 Å². The molecule has 118 valence electrons. The summed E-state index contributed by atoms with van der Waals surface area (Å²) in [7, 11) is 0. The molecule has 0 aliphatic rings. The minimum atomic E-state index is -1.08. The number of hydrogen-bond donors (Lipinski definition) is 2. The quantitative estimate of drug-likeness (QED) is 0.407. The Morgan fingerprint density at radius 2 is 1.81 bits per heavy atom. The van der Waals surface area contributed by atoms with Gasteiger partial charge in [0.15, 0.2) is 0 Å². The minimum Gasteiger partial charge on any atom is -0.478 e. The Bertz CT molecular complexity index is 421. The molecule has 0 aliphatic carbocycles. The second-order valence-electron chi connectivity index (χ2n) is 3.47. The van der Waals surface area contributed by atoms with Crippen LogP contribution in [0.1, 0.15) is 13.8 Å². The molecule has 0 bridgehead atoms. The molecular formula is C14H20O7. The molecule has 0 fully saturated rings. The molecule has 0 aromatic rings. The first-order valence-corrected chi connectivity index (χ1v) is 5.97. The fraction of sp³-hybridized carbons (Fsp3) is 0.357. The summed E-state index contributed by atoms with van der Waals surface area (Å²) in [5, 5.41) is 16.6. The third kappa shape index (κ3) is 12.4. The third-order valence-electron chi connectivity index (χ3n) is 1.77. The Morgan fingerprint density at radius 1 is 1.24 bits per heavy atom. The van der Waals surface area contributed by atoms with Crippen molar-refractivity contribution in [3.63, 3.8) is 0 Å². The van der Waals surface area contributed by atoms with Crippen LogP contribution < -0.4 is 0 Å². The van der Waals surface area contributed by atoms with Crippen LogP contribution in [-0.2, 0) is 23.9 Å². The normalized spacial score (nSPS) is 9.76. The molecule has 0 saturated heterocycles. The fourth-order valence-electron chi connectivity index (χ4n) is 0.811. The van der Waals surface area contributed by atoms with Crippen molar-refractivity contribution in [2.75, 3.05) is 19.8 Å². The molecule has 0 amide bonds. The molecule has 2 N–H and O–H groups in total. The molecule has 0 radical (unpaired) electrons. The Balaban J connectivity index is 0. The summed E-state index contributed by atoms with van der Waals surface area (Å²) in [6, 6.07) is 0. The average molecular weight is 300 g/mol. The predicted molar refractivity (Wildman–Crippen MR) is 75.4 cm³/mol. The standard InChI is InChI=1S/C9H12O4.C5H8O3/c1-4-13-9(12)7(3)5-6(2)8(10)11;1-2-5(7)8-4-3-6/h5H,3-4H2,1-2H3,(H,10,11);2,6H,1,3-4H2. The molecule has 0 spiro atoms.